The van der Waals surface area contributed by atoms with Crippen LogP contribution >= 0.6 is 15.9 Å². The molecule has 0 aliphatic heterocycles. The van der Waals surface area contributed by atoms with E-state index in [9.17, 15) is 13.6 Å². The zero-order valence-corrected chi connectivity index (χ0v) is 12.0. The van der Waals surface area contributed by atoms with Gasteiger partial charge >= 0.3 is 0 Å². The van der Waals surface area contributed by atoms with Crippen molar-refractivity contribution in [3.8, 4) is 0 Å². The van der Waals surface area contributed by atoms with Crippen molar-refractivity contribution < 1.29 is 13.6 Å². The molecule has 1 aromatic carbocycles. The first-order chi connectivity index (χ1) is 8.49. The number of hydrogen-bond donors (Lipinski definition) is 1. The minimum Gasteiger partial charge on any atom is -0.346 e. The molecule has 1 rings (SSSR count). The highest BCUT2D eigenvalue weighted by Gasteiger charge is 2.28. The highest BCUT2D eigenvalue weighted by atomic mass is 79.9. The highest BCUT2D eigenvalue weighted by Crippen LogP contribution is 2.20. The fraction of sp³-hybridized carbons (Fsp3) is 0.462. The Morgan fingerprint density at radius 1 is 1.33 bits per heavy atom. The lowest BCUT2D eigenvalue weighted by molar-refractivity contribution is 0.0898. The highest BCUT2D eigenvalue weighted by molar-refractivity contribution is 9.09. The molecule has 0 aliphatic rings. The van der Waals surface area contributed by atoms with Gasteiger partial charge in [0.05, 0.1) is 5.56 Å². The summed E-state index contributed by atoms with van der Waals surface area (Å²) in [6.45, 7) is 3.87. The van der Waals surface area contributed by atoms with Crippen LogP contribution in [0.15, 0.2) is 18.2 Å². The Kier molecular flexibility index (Phi) is 5.26. The third kappa shape index (κ3) is 3.07. The van der Waals surface area contributed by atoms with E-state index in [0.29, 0.717) is 18.2 Å². The molecule has 0 saturated heterocycles. The van der Waals surface area contributed by atoms with E-state index < -0.39 is 23.1 Å². The fourth-order valence-corrected chi connectivity index (χ4v) is 2.57. The molecule has 18 heavy (non-hydrogen) atoms. The molecular formula is C13H16BrF2NO. The van der Waals surface area contributed by atoms with Gasteiger partial charge in [-0.1, -0.05) is 35.8 Å². The topological polar surface area (TPSA) is 29.1 Å². The lowest BCUT2D eigenvalue weighted by Crippen LogP contribution is -2.49. The number of rotatable bonds is 5. The maximum atomic E-state index is 13.5. The Hall–Kier alpha value is -0.970. The van der Waals surface area contributed by atoms with E-state index in [4.69, 9.17) is 0 Å². The van der Waals surface area contributed by atoms with Gasteiger partial charge in [0.25, 0.3) is 5.91 Å². The van der Waals surface area contributed by atoms with Crippen LogP contribution in [0.2, 0.25) is 0 Å². The van der Waals surface area contributed by atoms with Crippen molar-refractivity contribution in [3.63, 3.8) is 0 Å². The lowest BCUT2D eigenvalue weighted by Gasteiger charge is -2.31. The van der Waals surface area contributed by atoms with E-state index in [0.717, 1.165) is 6.07 Å². The summed E-state index contributed by atoms with van der Waals surface area (Å²) in [5, 5.41) is 3.34. The standard InChI is InChI=1S/C13H16BrF2NO/c1-3-13(4-2,8-14)17-12(18)9-6-5-7-10(15)11(9)16/h5-7H,3-4,8H2,1-2H3,(H,17,18). The smallest absolute Gasteiger partial charge is 0.254 e. The van der Waals surface area contributed by atoms with Crippen molar-refractivity contribution in [2.75, 3.05) is 5.33 Å². The summed E-state index contributed by atoms with van der Waals surface area (Å²) < 4.78 is 26.5. The molecule has 0 bridgehead atoms. The van der Waals surface area contributed by atoms with Crippen LogP contribution in [0.25, 0.3) is 0 Å². The number of amides is 1. The largest absolute Gasteiger partial charge is 0.346 e. The second-order valence-electron chi connectivity index (χ2n) is 4.18. The monoisotopic (exact) mass is 319 g/mol. The van der Waals surface area contributed by atoms with Crippen LogP contribution in [0.1, 0.15) is 37.0 Å². The van der Waals surface area contributed by atoms with E-state index >= 15 is 0 Å². The van der Waals surface area contributed by atoms with Crippen molar-refractivity contribution in [2.24, 2.45) is 0 Å². The van der Waals surface area contributed by atoms with Gasteiger partial charge in [-0.05, 0) is 25.0 Å². The fourth-order valence-electron chi connectivity index (χ4n) is 1.64. The third-order valence-electron chi connectivity index (χ3n) is 3.18. The van der Waals surface area contributed by atoms with Crippen LogP contribution in [0, 0.1) is 11.6 Å². The van der Waals surface area contributed by atoms with Crippen LogP contribution in [0.3, 0.4) is 0 Å². The zero-order chi connectivity index (χ0) is 13.8. The first-order valence-corrected chi connectivity index (χ1v) is 6.94. The Bertz CT molecular complexity index is 425. The molecule has 0 aliphatic carbocycles. The second kappa shape index (κ2) is 6.27. The molecule has 100 valence electrons. The number of benzene rings is 1. The van der Waals surface area contributed by atoms with E-state index in [1.807, 2.05) is 13.8 Å². The predicted octanol–water partition coefficient (Wildman–Crippen LogP) is 3.65. The summed E-state index contributed by atoms with van der Waals surface area (Å²) in [6, 6.07) is 3.59. The summed E-state index contributed by atoms with van der Waals surface area (Å²) in [5.74, 6) is -2.71. The molecule has 1 aromatic rings. The molecule has 0 atom stereocenters. The molecule has 0 unspecified atom stereocenters. The Labute approximate surface area is 114 Å². The molecule has 1 N–H and O–H groups in total. The van der Waals surface area contributed by atoms with Crippen LogP contribution in [-0.4, -0.2) is 16.8 Å². The van der Waals surface area contributed by atoms with E-state index in [1.54, 1.807) is 0 Å². The molecule has 0 aromatic heterocycles. The first kappa shape index (κ1) is 15.1. The summed E-state index contributed by atoms with van der Waals surface area (Å²) >= 11 is 3.34. The second-order valence-corrected chi connectivity index (χ2v) is 4.74. The van der Waals surface area contributed by atoms with E-state index in [1.165, 1.54) is 12.1 Å². The average Bonchev–Trinajstić information content (AvgIpc) is 2.39. The van der Waals surface area contributed by atoms with Gasteiger partial charge in [-0.15, -0.1) is 0 Å². The summed E-state index contributed by atoms with van der Waals surface area (Å²) in [4.78, 5) is 12.0. The van der Waals surface area contributed by atoms with Crippen LogP contribution in [0.5, 0.6) is 0 Å². The van der Waals surface area contributed by atoms with Gasteiger partial charge < -0.3 is 5.32 Å². The number of carbonyl (C=O) groups is 1. The number of halogens is 3. The SMILES string of the molecule is CCC(CC)(CBr)NC(=O)c1cccc(F)c1F. The van der Waals surface area contributed by atoms with Crippen molar-refractivity contribution in [3.05, 3.63) is 35.4 Å². The van der Waals surface area contributed by atoms with Gasteiger partial charge in [0.2, 0.25) is 0 Å². The number of carbonyl (C=O) groups excluding carboxylic acids is 1. The summed E-state index contributed by atoms with van der Waals surface area (Å²) in [5.41, 5.74) is -0.697. The summed E-state index contributed by atoms with van der Waals surface area (Å²) in [7, 11) is 0. The first-order valence-electron chi connectivity index (χ1n) is 5.82. The molecule has 5 heteroatoms. The summed E-state index contributed by atoms with van der Waals surface area (Å²) in [6.07, 6.45) is 1.41. The third-order valence-corrected chi connectivity index (χ3v) is 4.26. The van der Waals surface area contributed by atoms with Crippen molar-refractivity contribution in [2.45, 2.75) is 32.2 Å². The molecular weight excluding hydrogens is 304 g/mol. The van der Waals surface area contributed by atoms with Crippen molar-refractivity contribution in [1.29, 1.82) is 0 Å². The Morgan fingerprint density at radius 3 is 2.44 bits per heavy atom. The molecule has 0 heterocycles. The van der Waals surface area contributed by atoms with Gasteiger partial charge in [0.1, 0.15) is 0 Å². The van der Waals surface area contributed by atoms with Gasteiger partial charge in [-0.2, -0.15) is 0 Å². The van der Waals surface area contributed by atoms with Crippen molar-refractivity contribution >= 4 is 21.8 Å². The van der Waals surface area contributed by atoms with Gasteiger partial charge in [0, 0.05) is 10.9 Å². The van der Waals surface area contributed by atoms with Gasteiger partial charge in [-0.3, -0.25) is 4.79 Å². The number of alkyl halides is 1. The van der Waals surface area contributed by atoms with Gasteiger partial charge in [0.15, 0.2) is 11.6 Å². The quantitative estimate of drug-likeness (QED) is 0.825. The molecule has 1 amide bonds. The predicted molar refractivity (Wildman–Crippen MR) is 70.9 cm³/mol. The van der Waals surface area contributed by atoms with Gasteiger partial charge in [-0.25, -0.2) is 8.78 Å². The van der Waals surface area contributed by atoms with Crippen LogP contribution in [0.4, 0.5) is 8.78 Å². The lowest BCUT2D eigenvalue weighted by atomic mass is 9.95. The minimum absolute atomic E-state index is 0.262. The van der Waals surface area contributed by atoms with Crippen LogP contribution < -0.4 is 5.32 Å². The van der Waals surface area contributed by atoms with Crippen LogP contribution in [-0.2, 0) is 0 Å². The maximum Gasteiger partial charge on any atom is 0.254 e. The van der Waals surface area contributed by atoms with E-state index in [-0.39, 0.29) is 5.56 Å². The maximum absolute atomic E-state index is 13.5. The molecule has 0 fully saturated rings. The normalized spacial score (nSPS) is 11.4. The Morgan fingerprint density at radius 2 is 1.94 bits per heavy atom. The Balaban J connectivity index is 2.98. The van der Waals surface area contributed by atoms with Crippen molar-refractivity contribution in [1.82, 2.24) is 5.32 Å². The molecule has 0 radical (unpaired) electrons. The number of hydrogen-bond acceptors (Lipinski definition) is 1. The zero-order valence-electron chi connectivity index (χ0n) is 10.4. The minimum atomic E-state index is -1.11. The molecule has 2 nitrogen and oxygen atoms in total. The number of nitrogens with one attached hydrogen (secondary N) is 1. The van der Waals surface area contributed by atoms with E-state index in [2.05, 4.69) is 21.2 Å². The molecule has 0 spiro atoms. The average molecular weight is 320 g/mol. The molecule has 0 saturated carbocycles.